The highest BCUT2D eigenvalue weighted by Gasteiger charge is 2.14. The summed E-state index contributed by atoms with van der Waals surface area (Å²) in [5.74, 6) is 1.08. The summed E-state index contributed by atoms with van der Waals surface area (Å²) in [6, 6.07) is 12.0. The lowest BCUT2D eigenvalue weighted by Crippen LogP contribution is -2.03. The van der Waals surface area contributed by atoms with Crippen molar-refractivity contribution >= 4 is 0 Å². The first-order valence-corrected chi connectivity index (χ1v) is 7.29. The summed E-state index contributed by atoms with van der Waals surface area (Å²) >= 11 is 0. The smallest absolute Gasteiger partial charge is 0.248 e. The monoisotopic (exact) mass is 298 g/mol. The van der Waals surface area contributed by atoms with E-state index < -0.39 is 0 Å². The fourth-order valence-corrected chi connectivity index (χ4v) is 2.17. The molecule has 6 heteroatoms. The third kappa shape index (κ3) is 3.23. The Morgan fingerprint density at radius 3 is 2.82 bits per heavy atom. The number of hydrogen-bond acceptors (Lipinski definition) is 5. The van der Waals surface area contributed by atoms with Gasteiger partial charge >= 0.3 is 0 Å². The summed E-state index contributed by atoms with van der Waals surface area (Å²) in [6.45, 7) is 4.90. The van der Waals surface area contributed by atoms with E-state index in [4.69, 9.17) is 9.26 Å². The maximum absolute atomic E-state index is 5.45. The van der Waals surface area contributed by atoms with E-state index in [1.165, 1.54) is 0 Å². The summed E-state index contributed by atoms with van der Waals surface area (Å²) in [5.41, 5.74) is 2.00. The molecule has 3 aromatic rings. The largest absolute Gasteiger partial charge is 0.371 e. The van der Waals surface area contributed by atoms with E-state index in [9.17, 15) is 0 Å². The molecule has 0 fully saturated rings. The van der Waals surface area contributed by atoms with E-state index in [0.29, 0.717) is 24.9 Å². The van der Waals surface area contributed by atoms with E-state index >= 15 is 0 Å². The average molecular weight is 298 g/mol. The predicted octanol–water partition coefficient (Wildman–Crippen LogP) is 3.08. The van der Waals surface area contributed by atoms with E-state index in [2.05, 4.69) is 15.2 Å². The Morgan fingerprint density at radius 2 is 2.05 bits per heavy atom. The van der Waals surface area contributed by atoms with Crippen molar-refractivity contribution in [1.82, 2.24) is 19.9 Å². The minimum atomic E-state index is -0.167. The lowest BCUT2D eigenvalue weighted by molar-refractivity contribution is 0.0683. The van der Waals surface area contributed by atoms with Gasteiger partial charge in [0.25, 0.3) is 0 Å². The van der Waals surface area contributed by atoms with Crippen molar-refractivity contribution in [2.24, 2.45) is 0 Å². The lowest BCUT2D eigenvalue weighted by atomic mass is 10.2. The zero-order valence-electron chi connectivity index (χ0n) is 12.6. The standard InChI is InChI=1S/C16H18N4O2/c1-3-21-12(2)16-17-15(22-19-16)11-20-10-9-14(18-20)13-7-5-4-6-8-13/h4-10,12H,3,11H2,1-2H3/t12-/m0/s1. The Kier molecular flexibility index (Phi) is 4.29. The van der Waals surface area contributed by atoms with Crippen molar-refractivity contribution in [3.8, 4) is 11.3 Å². The molecule has 2 heterocycles. The van der Waals surface area contributed by atoms with Crippen molar-refractivity contribution in [1.29, 1.82) is 0 Å². The molecule has 114 valence electrons. The van der Waals surface area contributed by atoms with Gasteiger partial charge in [0.2, 0.25) is 5.89 Å². The van der Waals surface area contributed by atoms with Crippen LogP contribution in [0.4, 0.5) is 0 Å². The molecular weight excluding hydrogens is 280 g/mol. The second-order valence-electron chi connectivity index (χ2n) is 4.91. The van der Waals surface area contributed by atoms with E-state index in [1.54, 1.807) is 4.68 Å². The quantitative estimate of drug-likeness (QED) is 0.699. The third-order valence-corrected chi connectivity index (χ3v) is 3.27. The minimum absolute atomic E-state index is 0.167. The molecule has 6 nitrogen and oxygen atoms in total. The normalized spacial score (nSPS) is 12.5. The zero-order chi connectivity index (χ0) is 15.4. The Hall–Kier alpha value is -2.47. The van der Waals surface area contributed by atoms with Gasteiger partial charge in [-0.05, 0) is 19.9 Å². The molecule has 0 N–H and O–H groups in total. The number of nitrogens with zero attached hydrogens (tertiary/aromatic N) is 4. The lowest BCUT2D eigenvalue weighted by Gasteiger charge is -2.04. The molecule has 22 heavy (non-hydrogen) atoms. The molecule has 0 amide bonds. The van der Waals surface area contributed by atoms with E-state index in [-0.39, 0.29) is 6.10 Å². The molecule has 0 aliphatic carbocycles. The number of hydrogen-bond donors (Lipinski definition) is 0. The highest BCUT2D eigenvalue weighted by molar-refractivity contribution is 5.57. The van der Waals surface area contributed by atoms with Crippen LogP contribution in [0.5, 0.6) is 0 Å². The Bertz CT molecular complexity index is 721. The van der Waals surface area contributed by atoms with Crippen molar-refractivity contribution in [3.63, 3.8) is 0 Å². The van der Waals surface area contributed by atoms with Crippen LogP contribution in [0.25, 0.3) is 11.3 Å². The van der Waals surface area contributed by atoms with Crippen LogP contribution in [0.1, 0.15) is 31.7 Å². The number of aromatic nitrogens is 4. The van der Waals surface area contributed by atoms with Gasteiger partial charge in [-0.2, -0.15) is 10.1 Å². The first-order valence-electron chi connectivity index (χ1n) is 7.29. The molecule has 0 radical (unpaired) electrons. The van der Waals surface area contributed by atoms with Crippen molar-refractivity contribution in [3.05, 3.63) is 54.3 Å². The van der Waals surface area contributed by atoms with Crippen LogP contribution < -0.4 is 0 Å². The van der Waals surface area contributed by atoms with E-state index in [0.717, 1.165) is 11.3 Å². The molecule has 0 aliphatic rings. The van der Waals surface area contributed by atoms with Crippen LogP contribution in [0.3, 0.4) is 0 Å². The molecule has 0 saturated heterocycles. The summed E-state index contributed by atoms with van der Waals surface area (Å²) in [6.07, 6.45) is 1.73. The van der Waals surface area contributed by atoms with Gasteiger partial charge in [-0.3, -0.25) is 4.68 Å². The third-order valence-electron chi connectivity index (χ3n) is 3.27. The van der Waals surface area contributed by atoms with Crippen LogP contribution in [-0.4, -0.2) is 26.5 Å². The molecule has 1 aromatic carbocycles. The Balaban J connectivity index is 1.70. The highest BCUT2D eigenvalue weighted by Crippen LogP contribution is 2.17. The summed E-state index contributed by atoms with van der Waals surface area (Å²) in [7, 11) is 0. The highest BCUT2D eigenvalue weighted by atomic mass is 16.5. The number of ether oxygens (including phenoxy) is 1. The van der Waals surface area contributed by atoms with E-state index in [1.807, 2.05) is 56.4 Å². The first-order chi connectivity index (χ1) is 10.8. The topological polar surface area (TPSA) is 66.0 Å². The second-order valence-corrected chi connectivity index (χ2v) is 4.91. The average Bonchev–Trinajstić information content (AvgIpc) is 3.18. The van der Waals surface area contributed by atoms with Gasteiger partial charge in [0.05, 0.1) is 5.69 Å². The van der Waals surface area contributed by atoms with Crippen molar-refractivity contribution in [2.75, 3.05) is 6.61 Å². The van der Waals surface area contributed by atoms with Gasteiger partial charge in [-0.15, -0.1) is 0 Å². The molecule has 0 spiro atoms. The predicted molar refractivity (Wildman–Crippen MR) is 81.1 cm³/mol. The van der Waals surface area contributed by atoms with Crippen LogP contribution in [-0.2, 0) is 11.3 Å². The maximum Gasteiger partial charge on any atom is 0.248 e. The van der Waals surface area contributed by atoms with Gasteiger partial charge < -0.3 is 9.26 Å². The number of rotatable bonds is 6. The molecular formula is C16H18N4O2. The Morgan fingerprint density at radius 1 is 1.23 bits per heavy atom. The van der Waals surface area contributed by atoms with Crippen LogP contribution >= 0.6 is 0 Å². The zero-order valence-corrected chi connectivity index (χ0v) is 12.6. The molecule has 0 unspecified atom stereocenters. The molecule has 0 saturated carbocycles. The molecule has 0 bridgehead atoms. The van der Waals surface area contributed by atoms with Gasteiger partial charge in [-0.25, -0.2) is 0 Å². The molecule has 2 aromatic heterocycles. The Labute approximate surface area is 128 Å². The fourth-order valence-electron chi connectivity index (χ4n) is 2.17. The van der Waals surface area contributed by atoms with Gasteiger partial charge in [0.1, 0.15) is 12.6 Å². The SMILES string of the molecule is CCO[C@@H](C)c1noc(Cn2ccc(-c3ccccc3)n2)n1. The molecule has 0 aliphatic heterocycles. The first kappa shape index (κ1) is 14.5. The second kappa shape index (κ2) is 6.53. The van der Waals surface area contributed by atoms with Crippen LogP contribution in [0, 0.1) is 0 Å². The van der Waals surface area contributed by atoms with Crippen LogP contribution in [0.15, 0.2) is 47.1 Å². The van der Waals surface area contributed by atoms with Gasteiger partial charge in [-0.1, -0.05) is 35.5 Å². The molecule has 3 rings (SSSR count). The van der Waals surface area contributed by atoms with Gasteiger partial charge in [0.15, 0.2) is 5.82 Å². The summed E-state index contributed by atoms with van der Waals surface area (Å²) in [5, 5.41) is 8.47. The van der Waals surface area contributed by atoms with Crippen LogP contribution in [0.2, 0.25) is 0 Å². The molecule has 1 atom stereocenters. The van der Waals surface area contributed by atoms with Gasteiger partial charge in [0, 0.05) is 18.4 Å². The maximum atomic E-state index is 5.45. The van der Waals surface area contributed by atoms with Crippen molar-refractivity contribution < 1.29 is 9.26 Å². The minimum Gasteiger partial charge on any atom is -0.371 e. The summed E-state index contributed by atoms with van der Waals surface area (Å²) < 4.78 is 12.5. The van der Waals surface area contributed by atoms with Crippen molar-refractivity contribution in [2.45, 2.75) is 26.5 Å². The summed E-state index contributed by atoms with van der Waals surface area (Å²) in [4.78, 5) is 4.34. The fraction of sp³-hybridized carbons (Fsp3) is 0.312. The number of benzene rings is 1.